The number of anilines is 1. The van der Waals surface area contributed by atoms with Crippen LogP contribution >= 0.6 is 11.3 Å². The van der Waals surface area contributed by atoms with Crippen LogP contribution in [0, 0.1) is 6.92 Å². The van der Waals surface area contributed by atoms with Gasteiger partial charge >= 0.3 is 5.97 Å². The van der Waals surface area contributed by atoms with E-state index >= 15 is 0 Å². The highest BCUT2D eigenvalue weighted by atomic mass is 32.1. The van der Waals surface area contributed by atoms with E-state index in [1.807, 2.05) is 43.3 Å². The number of amides is 1. The number of thiophene rings is 1. The molecule has 0 atom stereocenters. The van der Waals surface area contributed by atoms with Gasteiger partial charge in [-0.1, -0.05) is 17.7 Å². The van der Waals surface area contributed by atoms with Crippen molar-refractivity contribution in [3.8, 4) is 16.2 Å². The molecular formula is C21H19NO4S. The fourth-order valence-corrected chi connectivity index (χ4v) is 3.71. The Morgan fingerprint density at radius 2 is 1.67 bits per heavy atom. The lowest BCUT2D eigenvalue weighted by Crippen LogP contribution is -2.27. The molecule has 1 amide bonds. The summed E-state index contributed by atoms with van der Waals surface area (Å²) in [6, 6.07) is 16.3. The van der Waals surface area contributed by atoms with Gasteiger partial charge in [-0.15, -0.1) is 11.3 Å². The molecule has 5 nitrogen and oxygen atoms in total. The lowest BCUT2D eigenvalue weighted by Gasteiger charge is -2.17. The van der Waals surface area contributed by atoms with Crippen LogP contribution in [0.1, 0.15) is 25.6 Å². The number of aryl methyl sites for hydroxylation is 1. The molecule has 0 spiro atoms. The smallest absolute Gasteiger partial charge is 0.348 e. The van der Waals surface area contributed by atoms with Crippen LogP contribution in [0.3, 0.4) is 0 Å². The Labute approximate surface area is 161 Å². The summed E-state index contributed by atoms with van der Waals surface area (Å²) in [4.78, 5) is 26.8. The van der Waals surface area contributed by atoms with Crippen LogP contribution in [0.2, 0.25) is 0 Å². The third kappa shape index (κ3) is 3.85. The van der Waals surface area contributed by atoms with Crippen molar-refractivity contribution in [2.24, 2.45) is 0 Å². The van der Waals surface area contributed by atoms with E-state index in [2.05, 4.69) is 0 Å². The van der Waals surface area contributed by atoms with E-state index in [9.17, 15) is 14.7 Å². The van der Waals surface area contributed by atoms with Gasteiger partial charge in [-0.2, -0.15) is 0 Å². The van der Waals surface area contributed by atoms with Gasteiger partial charge in [0.25, 0.3) is 5.91 Å². The number of aromatic carboxylic acids is 1. The molecule has 3 rings (SSSR count). The standard InChI is InChI=1S/C21H19NO4S/c1-13-4-6-15(7-5-13)20(23)22(2)17-12-18(27-19(17)21(24)25)14-8-10-16(26-3)11-9-14/h4-12H,1-3H3,(H,24,25). The summed E-state index contributed by atoms with van der Waals surface area (Å²) < 4.78 is 5.16. The van der Waals surface area contributed by atoms with E-state index in [0.717, 1.165) is 33.1 Å². The van der Waals surface area contributed by atoms with Gasteiger partial charge in [0.15, 0.2) is 0 Å². The lowest BCUT2D eigenvalue weighted by molar-refractivity contribution is 0.0703. The van der Waals surface area contributed by atoms with E-state index in [-0.39, 0.29) is 10.8 Å². The first-order valence-electron chi connectivity index (χ1n) is 8.27. The molecule has 0 aliphatic carbocycles. The van der Waals surface area contributed by atoms with Crippen molar-refractivity contribution in [2.75, 3.05) is 19.1 Å². The average Bonchev–Trinajstić information content (AvgIpc) is 3.13. The summed E-state index contributed by atoms with van der Waals surface area (Å²) in [6.45, 7) is 1.94. The highest BCUT2D eigenvalue weighted by Gasteiger charge is 2.23. The van der Waals surface area contributed by atoms with Gasteiger partial charge in [0.1, 0.15) is 10.6 Å². The van der Waals surface area contributed by atoms with Crippen LogP contribution < -0.4 is 9.64 Å². The first-order valence-corrected chi connectivity index (χ1v) is 9.08. The Bertz CT molecular complexity index is 974. The molecule has 0 bridgehead atoms. The zero-order chi connectivity index (χ0) is 19.6. The molecule has 0 fully saturated rings. The number of benzene rings is 2. The van der Waals surface area contributed by atoms with Crippen molar-refractivity contribution in [2.45, 2.75) is 6.92 Å². The van der Waals surface area contributed by atoms with Gasteiger partial charge in [0, 0.05) is 17.5 Å². The summed E-state index contributed by atoms with van der Waals surface area (Å²) in [5, 5.41) is 9.60. The molecule has 0 saturated heterocycles. The Balaban J connectivity index is 1.98. The van der Waals surface area contributed by atoms with Crippen molar-refractivity contribution >= 4 is 28.9 Å². The normalized spacial score (nSPS) is 10.5. The summed E-state index contributed by atoms with van der Waals surface area (Å²) in [5.41, 5.74) is 2.81. The van der Waals surface area contributed by atoms with Gasteiger partial charge in [-0.3, -0.25) is 4.79 Å². The number of rotatable bonds is 5. The molecule has 0 saturated carbocycles. The zero-order valence-corrected chi connectivity index (χ0v) is 16.0. The third-order valence-corrected chi connectivity index (χ3v) is 5.41. The Morgan fingerprint density at radius 1 is 1.04 bits per heavy atom. The van der Waals surface area contributed by atoms with Gasteiger partial charge in [-0.05, 0) is 55.0 Å². The minimum Gasteiger partial charge on any atom is -0.497 e. The van der Waals surface area contributed by atoms with Crippen molar-refractivity contribution in [3.63, 3.8) is 0 Å². The van der Waals surface area contributed by atoms with Crippen molar-refractivity contribution in [3.05, 3.63) is 70.6 Å². The van der Waals surface area contributed by atoms with Gasteiger partial charge < -0.3 is 14.7 Å². The van der Waals surface area contributed by atoms with Crippen LogP contribution in [-0.4, -0.2) is 31.1 Å². The topological polar surface area (TPSA) is 66.8 Å². The first-order chi connectivity index (χ1) is 12.9. The average molecular weight is 381 g/mol. The number of carbonyl (C=O) groups is 2. The largest absolute Gasteiger partial charge is 0.497 e. The Kier molecular flexibility index (Phi) is 5.28. The minimum atomic E-state index is -1.06. The molecule has 27 heavy (non-hydrogen) atoms. The molecule has 1 N–H and O–H groups in total. The van der Waals surface area contributed by atoms with Gasteiger partial charge in [-0.25, -0.2) is 4.79 Å². The van der Waals surface area contributed by atoms with Crippen molar-refractivity contribution in [1.82, 2.24) is 0 Å². The number of carbonyl (C=O) groups excluding carboxylic acids is 1. The summed E-state index contributed by atoms with van der Waals surface area (Å²) in [6.07, 6.45) is 0. The first kappa shape index (κ1) is 18.7. The Hall–Kier alpha value is -3.12. The predicted octanol–water partition coefficient (Wildman–Crippen LogP) is 4.71. The number of ether oxygens (including phenoxy) is 1. The second-order valence-electron chi connectivity index (χ2n) is 6.09. The molecule has 0 radical (unpaired) electrons. The van der Waals surface area contributed by atoms with Crippen LogP contribution in [-0.2, 0) is 0 Å². The van der Waals surface area contributed by atoms with E-state index in [0.29, 0.717) is 11.3 Å². The number of carboxylic acids is 1. The maximum absolute atomic E-state index is 12.8. The zero-order valence-electron chi connectivity index (χ0n) is 15.2. The Morgan fingerprint density at radius 3 is 2.22 bits per heavy atom. The summed E-state index contributed by atoms with van der Waals surface area (Å²) >= 11 is 1.14. The van der Waals surface area contributed by atoms with E-state index in [4.69, 9.17) is 4.74 Å². The van der Waals surface area contributed by atoms with Gasteiger partial charge in [0.2, 0.25) is 0 Å². The number of nitrogens with zero attached hydrogens (tertiary/aromatic N) is 1. The number of hydrogen-bond acceptors (Lipinski definition) is 4. The minimum absolute atomic E-state index is 0.128. The van der Waals surface area contributed by atoms with Crippen molar-refractivity contribution in [1.29, 1.82) is 0 Å². The molecule has 2 aromatic carbocycles. The third-order valence-electron chi connectivity index (χ3n) is 4.25. The van der Waals surface area contributed by atoms with E-state index < -0.39 is 5.97 Å². The van der Waals surface area contributed by atoms with Crippen LogP contribution in [0.5, 0.6) is 5.75 Å². The second kappa shape index (κ2) is 7.63. The monoisotopic (exact) mass is 381 g/mol. The second-order valence-corrected chi connectivity index (χ2v) is 7.14. The molecule has 6 heteroatoms. The maximum Gasteiger partial charge on any atom is 0.348 e. The maximum atomic E-state index is 12.8. The van der Waals surface area contributed by atoms with Crippen LogP contribution in [0.25, 0.3) is 10.4 Å². The molecule has 3 aromatic rings. The fraction of sp³-hybridized carbons (Fsp3) is 0.143. The van der Waals surface area contributed by atoms with E-state index in [1.54, 1.807) is 32.4 Å². The van der Waals surface area contributed by atoms with Crippen LogP contribution in [0.15, 0.2) is 54.6 Å². The molecule has 0 aliphatic rings. The lowest BCUT2D eigenvalue weighted by atomic mass is 10.1. The molecule has 0 aliphatic heterocycles. The number of carboxylic acid groups (broad SMARTS) is 1. The highest BCUT2D eigenvalue weighted by molar-refractivity contribution is 7.18. The predicted molar refractivity (Wildman–Crippen MR) is 107 cm³/mol. The SMILES string of the molecule is COc1ccc(-c2cc(N(C)C(=O)c3ccc(C)cc3)c(C(=O)O)s2)cc1. The molecule has 0 unspecified atom stereocenters. The highest BCUT2D eigenvalue weighted by Crippen LogP contribution is 2.37. The van der Waals surface area contributed by atoms with Crippen molar-refractivity contribution < 1.29 is 19.4 Å². The number of hydrogen-bond donors (Lipinski definition) is 1. The summed E-state index contributed by atoms with van der Waals surface area (Å²) in [5.74, 6) is -0.587. The fourth-order valence-electron chi connectivity index (χ4n) is 2.68. The van der Waals surface area contributed by atoms with E-state index in [1.165, 1.54) is 4.90 Å². The molecule has 1 aromatic heterocycles. The van der Waals surface area contributed by atoms with Gasteiger partial charge in [0.05, 0.1) is 12.8 Å². The van der Waals surface area contributed by atoms with Crippen LogP contribution in [0.4, 0.5) is 5.69 Å². The summed E-state index contributed by atoms with van der Waals surface area (Å²) in [7, 11) is 3.18. The quantitative estimate of drug-likeness (QED) is 0.695. The molecule has 138 valence electrons. The molecule has 1 heterocycles. The molecular weight excluding hydrogens is 362 g/mol. The number of methoxy groups -OCH3 is 1.